The van der Waals surface area contributed by atoms with E-state index in [9.17, 15) is 15.2 Å². The van der Waals surface area contributed by atoms with E-state index >= 15 is 0 Å². The molecule has 2 N–H and O–H groups in total. The number of benzene rings is 1. The van der Waals surface area contributed by atoms with Gasteiger partial charge in [-0.15, -0.1) is 0 Å². The lowest BCUT2D eigenvalue weighted by Crippen LogP contribution is -2.36. The van der Waals surface area contributed by atoms with E-state index < -0.39 is 4.92 Å². The molecule has 19 heavy (non-hydrogen) atoms. The summed E-state index contributed by atoms with van der Waals surface area (Å²) in [6.45, 7) is 0. The van der Waals surface area contributed by atoms with Crippen LogP contribution in [-0.2, 0) is 0 Å². The van der Waals surface area contributed by atoms with Gasteiger partial charge >= 0.3 is 5.69 Å². The first-order chi connectivity index (χ1) is 9.15. The van der Waals surface area contributed by atoms with Gasteiger partial charge < -0.3 is 10.4 Å². The molecular weight excluding hydrogens is 246 g/mol. The molecule has 1 fully saturated rings. The summed E-state index contributed by atoms with van der Waals surface area (Å²) in [6.07, 6.45) is 4.60. The zero-order chi connectivity index (χ0) is 13.4. The molecule has 1 heterocycles. The van der Waals surface area contributed by atoms with Crippen LogP contribution in [0.2, 0.25) is 0 Å². The Morgan fingerprint density at radius 1 is 1.37 bits per heavy atom. The molecule has 2 atom stereocenters. The maximum absolute atomic E-state index is 10.7. The summed E-state index contributed by atoms with van der Waals surface area (Å²) in [5, 5.41) is 23.7. The van der Waals surface area contributed by atoms with E-state index in [2.05, 4.69) is 10.3 Å². The first-order valence-electron chi connectivity index (χ1n) is 6.47. The van der Waals surface area contributed by atoms with Crippen LogP contribution in [0.4, 0.5) is 5.69 Å². The van der Waals surface area contributed by atoms with Crippen LogP contribution in [0.5, 0.6) is 5.75 Å². The van der Waals surface area contributed by atoms with E-state index in [-0.39, 0.29) is 11.4 Å². The Balaban J connectivity index is 1.87. The van der Waals surface area contributed by atoms with Gasteiger partial charge in [0.05, 0.1) is 11.0 Å². The number of amidine groups is 1. The minimum absolute atomic E-state index is 0.278. The molecule has 100 valence electrons. The molecule has 1 aliphatic carbocycles. The highest BCUT2D eigenvalue weighted by Gasteiger charge is 2.31. The third-order valence-electron chi connectivity index (χ3n) is 3.79. The van der Waals surface area contributed by atoms with Gasteiger partial charge in [0.15, 0.2) is 5.75 Å². The highest BCUT2D eigenvalue weighted by Crippen LogP contribution is 2.29. The minimum atomic E-state index is -0.594. The fraction of sp³-hybridized carbons (Fsp3) is 0.462. The highest BCUT2D eigenvalue weighted by atomic mass is 16.6. The molecule has 2 unspecified atom stereocenters. The minimum Gasteiger partial charge on any atom is -0.502 e. The van der Waals surface area contributed by atoms with Crippen molar-refractivity contribution >= 4 is 11.5 Å². The smallest absolute Gasteiger partial charge is 0.310 e. The number of hydrogen-bond donors (Lipinski definition) is 2. The van der Waals surface area contributed by atoms with E-state index in [1.165, 1.54) is 25.0 Å². The maximum atomic E-state index is 10.7. The fourth-order valence-corrected chi connectivity index (χ4v) is 2.80. The predicted octanol–water partition coefficient (Wildman–Crippen LogP) is 1.96. The van der Waals surface area contributed by atoms with Gasteiger partial charge in [0.2, 0.25) is 0 Å². The molecule has 0 bridgehead atoms. The van der Waals surface area contributed by atoms with Crippen LogP contribution in [0, 0.1) is 10.1 Å². The number of phenols is 1. The average molecular weight is 261 g/mol. The second kappa shape index (κ2) is 4.53. The second-order valence-electron chi connectivity index (χ2n) is 5.04. The molecule has 2 aliphatic rings. The topological polar surface area (TPSA) is 87.8 Å². The Bertz CT molecular complexity index is 556. The standard InChI is InChI=1S/C13H15N3O3/c17-12-7-8(5-6-11(12)16(18)19)13-14-9-3-1-2-4-10(9)15-13/h5-7,9-10,17H,1-4H2,(H,14,15). The van der Waals surface area contributed by atoms with E-state index in [0.29, 0.717) is 17.6 Å². The van der Waals surface area contributed by atoms with Crippen LogP contribution in [0.3, 0.4) is 0 Å². The zero-order valence-electron chi connectivity index (χ0n) is 10.4. The molecule has 0 amide bonds. The van der Waals surface area contributed by atoms with Crippen LogP contribution >= 0.6 is 0 Å². The number of nitro groups is 1. The Morgan fingerprint density at radius 3 is 2.84 bits per heavy atom. The van der Waals surface area contributed by atoms with Crippen molar-refractivity contribution in [3.8, 4) is 5.75 Å². The van der Waals surface area contributed by atoms with Gasteiger partial charge in [-0.25, -0.2) is 0 Å². The first-order valence-corrected chi connectivity index (χ1v) is 6.47. The quantitative estimate of drug-likeness (QED) is 0.629. The zero-order valence-corrected chi connectivity index (χ0v) is 10.4. The van der Waals surface area contributed by atoms with Gasteiger partial charge in [-0.2, -0.15) is 0 Å². The Kier molecular flexibility index (Phi) is 2.85. The van der Waals surface area contributed by atoms with Crippen molar-refractivity contribution in [1.82, 2.24) is 5.32 Å². The summed E-state index contributed by atoms with van der Waals surface area (Å²) in [5.74, 6) is 0.420. The van der Waals surface area contributed by atoms with Crippen LogP contribution < -0.4 is 5.32 Å². The van der Waals surface area contributed by atoms with Gasteiger partial charge in [0, 0.05) is 17.7 Å². The van der Waals surface area contributed by atoms with Gasteiger partial charge in [-0.1, -0.05) is 12.8 Å². The summed E-state index contributed by atoms with van der Waals surface area (Å²) in [7, 11) is 0. The molecule has 0 saturated heterocycles. The first kappa shape index (κ1) is 12.0. The number of nitrogens with zero attached hydrogens (tertiary/aromatic N) is 2. The van der Waals surface area contributed by atoms with E-state index in [1.54, 1.807) is 6.07 Å². The number of nitro benzene ring substituents is 1. The largest absolute Gasteiger partial charge is 0.502 e. The van der Waals surface area contributed by atoms with Gasteiger partial charge in [-0.05, 0) is 25.0 Å². The summed E-state index contributed by atoms with van der Waals surface area (Å²) in [4.78, 5) is 14.7. The lowest BCUT2D eigenvalue weighted by molar-refractivity contribution is -0.385. The summed E-state index contributed by atoms with van der Waals surface area (Å²) < 4.78 is 0. The Hall–Kier alpha value is -2.11. The van der Waals surface area contributed by atoms with Crippen molar-refractivity contribution in [1.29, 1.82) is 0 Å². The van der Waals surface area contributed by atoms with Crippen LogP contribution in [0.1, 0.15) is 31.2 Å². The molecule has 0 aromatic heterocycles. The molecular formula is C13H15N3O3. The van der Waals surface area contributed by atoms with E-state index in [0.717, 1.165) is 18.7 Å². The normalized spacial score (nSPS) is 25.4. The van der Waals surface area contributed by atoms with E-state index in [1.807, 2.05) is 0 Å². The monoisotopic (exact) mass is 261 g/mol. The number of rotatable bonds is 2. The lowest BCUT2D eigenvalue weighted by Gasteiger charge is -2.23. The molecule has 1 aromatic carbocycles. The molecule has 3 rings (SSSR count). The number of phenolic OH excluding ortho intramolecular Hbond substituents is 1. The van der Waals surface area contributed by atoms with Gasteiger partial charge in [-0.3, -0.25) is 15.1 Å². The molecule has 1 aliphatic heterocycles. The summed E-state index contributed by atoms with van der Waals surface area (Å²) in [6, 6.07) is 5.03. The summed E-state index contributed by atoms with van der Waals surface area (Å²) in [5.41, 5.74) is 0.428. The van der Waals surface area contributed by atoms with Crippen molar-refractivity contribution < 1.29 is 10.0 Å². The highest BCUT2D eigenvalue weighted by molar-refractivity contribution is 6.01. The van der Waals surface area contributed by atoms with Gasteiger partial charge in [0.1, 0.15) is 5.84 Å². The maximum Gasteiger partial charge on any atom is 0.310 e. The number of hydrogen-bond acceptors (Lipinski definition) is 5. The Labute approximate surface area is 110 Å². The van der Waals surface area contributed by atoms with Crippen molar-refractivity contribution in [2.45, 2.75) is 37.8 Å². The predicted molar refractivity (Wildman–Crippen MR) is 70.5 cm³/mol. The second-order valence-corrected chi connectivity index (χ2v) is 5.04. The number of aromatic hydroxyl groups is 1. The van der Waals surface area contributed by atoms with E-state index in [4.69, 9.17) is 0 Å². The third-order valence-corrected chi connectivity index (χ3v) is 3.79. The van der Waals surface area contributed by atoms with Crippen LogP contribution in [-0.4, -0.2) is 27.9 Å². The molecule has 1 aromatic rings. The molecule has 1 saturated carbocycles. The van der Waals surface area contributed by atoms with Gasteiger partial charge in [0.25, 0.3) is 0 Å². The fourth-order valence-electron chi connectivity index (χ4n) is 2.80. The average Bonchev–Trinajstić information content (AvgIpc) is 2.81. The third kappa shape index (κ3) is 2.14. The van der Waals surface area contributed by atoms with Crippen molar-refractivity contribution in [2.24, 2.45) is 4.99 Å². The lowest BCUT2D eigenvalue weighted by atomic mass is 9.92. The number of aliphatic imine (C=N–C) groups is 1. The summed E-state index contributed by atoms with van der Waals surface area (Å²) >= 11 is 0. The number of nitrogens with one attached hydrogen (secondary N) is 1. The SMILES string of the molecule is O=[N+]([O-])c1ccc(C2=NC3CCCCC3N2)cc1O. The van der Waals surface area contributed by atoms with Crippen LogP contribution in [0.25, 0.3) is 0 Å². The van der Waals surface area contributed by atoms with Crippen LogP contribution in [0.15, 0.2) is 23.2 Å². The van der Waals surface area contributed by atoms with Crippen molar-refractivity contribution in [2.75, 3.05) is 0 Å². The molecule has 6 nitrogen and oxygen atoms in total. The van der Waals surface area contributed by atoms with Crippen molar-refractivity contribution in [3.63, 3.8) is 0 Å². The van der Waals surface area contributed by atoms with Crippen molar-refractivity contribution in [3.05, 3.63) is 33.9 Å². The Morgan fingerprint density at radius 2 is 2.16 bits per heavy atom. The molecule has 6 heteroatoms. The molecule has 0 radical (unpaired) electrons. The number of fused-ring (bicyclic) bond motifs is 1. The molecule has 0 spiro atoms.